The Balaban J connectivity index is 1.57. The van der Waals surface area contributed by atoms with Crippen molar-refractivity contribution in [2.45, 2.75) is 19.3 Å². The second kappa shape index (κ2) is 12.7. The molecule has 0 saturated heterocycles. The number of hydrazine groups is 2. The number of carbonyl (C=O) groups excluding carboxylic acids is 5. The first-order valence-corrected chi connectivity index (χ1v) is 9.88. The summed E-state index contributed by atoms with van der Waals surface area (Å²) < 4.78 is 4.77. The minimum Gasteiger partial charge on any atom is -0.455 e. The third-order valence-corrected chi connectivity index (χ3v) is 4.26. The van der Waals surface area contributed by atoms with Gasteiger partial charge in [-0.2, -0.15) is 0 Å². The number of halogens is 1. The van der Waals surface area contributed by atoms with Crippen LogP contribution in [0.3, 0.4) is 0 Å². The zero-order valence-electron chi connectivity index (χ0n) is 16.9. The molecule has 2 aromatic rings. The summed E-state index contributed by atoms with van der Waals surface area (Å²) in [6.07, 6.45) is 0.000306. The third-order valence-electron chi connectivity index (χ3n) is 3.93. The zero-order chi connectivity index (χ0) is 23.3. The molecule has 0 saturated carbocycles. The minimum absolute atomic E-state index is 0.0374. The molecule has 0 bridgehead atoms. The quantitative estimate of drug-likeness (QED) is 0.345. The monoisotopic (exact) mass is 460 g/mol. The summed E-state index contributed by atoms with van der Waals surface area (Å²) in [5, 5.41) is 0.217. The maximum Gasteiger partial charge on any atom is 0.306 e. The molecule has 0 aliphatic heterocycles. The van der Waals surface area contributed by atoms with E-state index in [0.717, 1.165) is 0 Å². The molecule has 11 heteroatoms. The van der Waals surface area contributed by atoms with Crippen molar-refractivity contribution in [3.8, 4) is 0 Å². The largest absolute Gasteiger partial charge is 0.455 e. The fourth-order valence-corrected chi connectivity index (χ4v) is 2.56. The summed E-state index contributed by atoms with van der Waals surface area (Å²) in [6.45, 7) is -0.610. The Morgan fingerprint density at radius 2 is 1.34 bits per heavy atom. The first kappa shape index (κ1) is 24.4. The Labute approximate surface area is 188 Å². The summed E-state index contributed by atoms with van der Waals surface area (Å²) in [6, 6.07) is 14.6. The maximum absolute atomic E-state index is 11.9. The zero-order valence-corrected chi connectivity index (χ0v) is 17.6. The van der Waals surface area contributed by atoms with Crippen LogP contribution in [-0.2, 0) is 19.1 Å². The molecule has 0 atom stereocenters. The van der Waals surface area contributed by atoms with Crippen LogP contribution in [0.15, 0.2) is 54.6 Å². The topological polar surface area (TPSA) is 143 Å². The maximum atomic E-state index is 11.9. The van der Waals surface area contributed by atoms with E-state index in [9.17, 15) is 24.0 Å². The number of rotatable bonds is 8. The summed E-state index contributed by atoms with van der Waals surface area (Å²) in [4.78, 5) is 58.8. The molecule has 0 heterocycles. The van der Waals surface area contributed by atoms with Gasteiger partial charge in [0, 0.05) is 18.4 Å². The number of nitrogens with one attached hydrogen (secondary N) is 4. The molecular formula is C21H21ClN4O6. The van der Waals surface area contributed by atoms with E-state index in [1.165, 1.54) is 12.1 Å². The fourth-order valence-electron chi connectivity index (χ4n) is 2.34. The fraction of sp³-hybridized carbons (Fsp3) is 0.190. The van der Waals surface area contributed by atoms with Crippen molar-refractivity contribution >= 4 is 41.2 Å². The number of hydrogen-bond acceptors (Lipinski definition) is 6. The van der Waals surface area contributed by atoms with E-state index in [-0.39, 0.29) is 29.8 Å². The van der Waals surface area contributed by atoms with Crippen LogP contribution in [0, 0.1) is 0 Å². The first-order valence-electron chi connectivity index (χ1n) is 9.50. The molecule has 32 heavy (non-hydrogen) atoms. The van der Waals surface area contributed by atoms with Gasteiger partial charge < -0.3 is 4.74 Å². The Hall–Kier alpha value is -3.92. The minimum atomic E-state index is -0.750. The summed E-state index contributed by atoms with van der Waals surface area (Å²) in [5.41, 5.74) is 9.32. The number of benzene rings is 2. The smallest absolute Gasteiger partial charge is 0.306 e. The van der Waals surface area contributed by atoms with Gasteiger partial charge in [0.2, 0.25) is 5.91 Å². The lowest BCUT2D eigenvalue weighted by Gasteiger charge is -2.09. The van der Waals surface area contributed by atoms with Gasteiger partial charge in [-0.1, -0.05) is 41.9 Å². The van der Waals surface area contributed by atoms with E-state index in [0.29, 0.717) is 5.56 Å². The van der Waals surface area contributed by atoms with Gasteiger partial charge in [-0.25, -0.2) is 0 Å². The molecule has 0 radical (unpaired) electrons. The van der Waals surface area contributed by atoms with E-state index in [1.807, 2.05) is 0 Å². The predicted octanol–water partition coefficient (Wildman–Crippen LogP) is 1.28. The number of esters is 1. The highest BCUT2D eigenvalue weighted by Crippen LogP contribution is 2.14. The molecule has 0 fully saturated rings. The summed E-state index contributed by atoms with van der Waals surface area (Å²) in [5.74, 6) is -3.02. The number of carbonyl (C=O) groups is 5. The van der Waals surface area contributed by atoms with Crippen molar-refractivity contribution in [1.82, 2.24) is 21.7 Å². The lowest BCUT2D eigenvalue weighted by atomic mass is 10.2. The van der Waals surface area contributed by atoms with Crippen LogP contribution >= 0.6 is 11.6 Å². The van der Waals surface area contributed by atoms with Crippen molar-refractivity contribution in [3.05, 3.63) is 70.7 Å². The highest BCUT2D eigenvalue weighted by atomic mass is 35.5. The van der Waals surface area contributed by atoms with Crippen molar-refractivity contribution in [1.29, 1.82) is 0 Å². The number of amides is 4. The second-order valence-electron chi connectivity index (χ2n) is 6.36. The molecule has 0 aromatic heterocycles. The van der Waals surface area contributed by atoms with Crippen LogP contribution in [0.1, 0.15) is 40.0 Å². The van der Waals surface area contributed by atoms with Crippen molar-refractivity contribution in [2.75, 3.05) is 6.61 Å². The van der Waals surface area contributed by atoms with Gasteiger partial charge in [-0.05, 0) is 30.7 Å². The van der Waals surface area contributed by atoms with Crippen LogP contribution in [0.4, 0.5) is 0 Å². The predicted molar refractivity (Wildman–Crippen MR) is 114 cm³/mol. The van der Waals surface area contributed by atoms with Gasteiger partial charge in [0.05, 0.1) is 10.6 Å². The normalized spacial score (nSPS) is 9.91. The van der Waals surface area contributed by atoms with Gasteiger partial charge in [0.15, 0.2) is 6.61 Å². The van der Waals surface area contributed by atoms with Gasteiger partial charge >= 0.3 is 5.97 Å². The van der Waals surface area contributed by atoms with E-state index in [1.54, 1.807) is 42.5 Å². The summed E-state index contributed by atoms with van der Waals surface area (Å²) in [7, 11) is 0. The SMILES string of the molecule is O=C(CCCC(=O)OCC(=O)NNC(=O)c1ccccc1Cl)NNC(=O)c1ccccc1. The van der Waals surface area contributed by atoms with Crippen LogP contribution < -0.4 is 21.7 Å². The number of ether oxygens (including phenoxy) is 1. The molecule has 168 valence electrons. The molecule has 0 aliphatic rings. The van der Waals surface area contributed by atoms with Crippen LogP contribution in [0.5, 0.6) is 0 Å². The lowest BCUT2D eigenvalue weighted by Crippen LogP contribution is -2.43. The van der Waals surface area contributed by atoms with E-state index in [2.05, 4.69) is 21.7 Å². The molecule has 4 N–H and O–H groups in total. The molecule has 4 amide bonds. The van der Waals surface area contributed by atoms with E-state index < -0.39 is 36.2 Å². The van der Waals surface area contributed by atoms with Crippen LogP contribution in [0.25, 0.3) is 0 Å². The lowest BCUT2D eigenvalue weighted by molar-refractivity contribution is -0.148. The van der Waals surface area contributed by atoms with Gasteiger partial charge in [0.1, 0.15) is 0 Å². The molecule has 10 nitrogen and oxygen atoms in total. The average Bonchev–Trinajstić information content (AvgIpc) is 2.80. The molecule has 2 rings (SSSR count). The molecule has 0 unspecified atom stereocenters. The molecular weight excluding hydrogens is 440 g/mol. The second-order valence-corrected chi connectivity index (χ2v) is 6.77. The average molecular weight is 461 g/mol. The Kier molecular flexibility index (Phi) is 9.67. The number of hydrogen-bond donors (Lipinski definition) is 4. The van der Waals surface area contributed by atoms with E-state index >= 15 is 0 Å². The highest BCUT2D eigenvalue weighted by molar-refractivity contribution is 6.33. The molecule has 0 aliphatic carbocycles. The highest BCUT2D eigenvalue weighted by Gasteiger charge is 2.13. The van der Waals surface area contributed by atoms with Crippen molar-refractivity contribution in [2.24, 2.45) is 0 Å². The van der Waals surface area contributed by atoms with E-state index in [4.69, 9.17) is 16.3 Å². The van der Waals surface area contributed by atoms with Gasteiger partial charge in [0.25, 0.3) is 17.7 Å². The first-order chi connectivity index (χ1) is 15.4. The molecule has 2 aromatic carbocycles. The van der Waals surface area contributed by atoms with Gasteiger partial charge in [-0.3, -0.25) is 45.7 Å². The third kappa shape index (κ3) is 8.44. The van der Waals surface area contributed by atoms with Crippen LogP contribution in [0.2, 0.25) is 5.02 Å². The van der Waals surface area contributed by atoms with Crippen molar-refractivity contribution in [3.63, 3.8) is 0 Å². The van der Waals surface area contributed by atoms with Crippen LogP contribution in [-0.4, -0.2) is 36.2 Å². The Bertz CT molecular complexity index is 983. The Morgan fingerprint density at radius 1 is 0.719 bits per heavy atom. The molecule has 0 spiro atoms. The Morgan fingerprint density at radius 3 is 2.06 bits per heavy atom. The van der Waals surface area contributed by atoms with Gasteiger partial charge in [-0.15, -0.1) is 0 Å². The summed E-state index contributed by atoms with van der Waals surface area (Å²) >= 11 is 5.88. The standard InChI is InChI=1S/C21H21ClN4O6/c22-16-10-5-4-9-15(16)21(31)26-24-18(28)13-32-19(29)12-6-11-17(27)23-25-20(30)14-7-2-1-3-8-14/h1-5,7-10H,6,11-13H2,(H,23,27)(H,24,28)(H,25,30)(H,26,31). The van der Waals surface area contributed by atoms with Crippen molar-refractivity contribution < 1.29 is 28.7 Å².